The summed E-state index contributed by atoms with van der Waals surface area (Å²) >= 11 is 0. The summed E-state index contributed by atoms with van der Waals surface area (Å²) in [7, 11) is -3.68. The van der Waals surface area contributed by atoms with Gasteiger partial charge in [0, 0.05) is 0 Å². The van der Waals surface area contributed by atoms with Gasteiger partial charge in [-0.2, -0.15) is 0 Å². The molecule has 2 atom stereocenters. The van der Waals surface area contributed by atoms with Gasteiger partial charge in [0.1, 0.15) is 0 Å². The van der Waals surface area contributed by atoms with E-state index in [9.17, 15) is 13.5 Å². The Morgan fingerprint density at radius 1 is 1.09 bits per heavy atom. The quantitative estimate of drug-likeness (QED) is 0.850. The van der Waals surface area contributed by atoms with Crippen LogP contribution < -0.4 is 4.72 Å². The van der Waals surface area contributed by atoms with E-state index >= 15 is 0 Å². The van der Waals surface area contributed by atoms with E-state index < -0.39 is 22.2 Å². The summed E-state index contributed by atoms with van der Waals surface area (Å²) in [6.07, 6.45) is 1.56. The molecule has 0 unspecified atom stereocenters. The SMILES string of the molecule is Cc1ccc(S(=O)(=O)N[C@H]2c3ccccc3CCC[C@@H]2O)cc1. The second-order valence-corrected chi connectivity index (χ2v) is 7.78. The standard InChI is InChI=1S/C18H21NO3S/c1-13-9-11-15(12-10-13)23(21,22)19-18-16-7-3-2-5-14(16)6-4-8-17(18)20/h2-3,5,7,9-12,17-20H,4,6,8H2,1H3/t17-,18-/m0/s1. The van der Waals surface area contributed by atoms with Crippen LogP contribution in [0.1, 0.15) is 35.6 Å². The summed E-state index contributed by atoms with van der Waals surface area (Å²) in [6.45, 7) is 1.91. The molecule has 2 aromatic rings. The van der Waals surface area contributed by atoms with Gasteiger partial charge < -0.3 is 5.11 Å². The Morgan fingerprint density at radius 3 is 2.52 bits per heavy atom. The van der Waals surface area contributed by atoms with Gasteiger partial charge in [-0.3, -0.25) is 0 Å². The van der Waals surface area contributed by atoms with Crippen molar-refractivity contribution in [3.05, 3.63) is 65.2 Å². The number of hydrogen-bond acceptors (Lipinski definition) is 3. The van der Waals surface area contributed by atoms with E-state index in [4.69, 9.17) is 0 Å². The van der Waals surface area contributed by atoms with Crippen molar-refractivity contribution in [1.29, 1.82) is 0 Å². The van der Waals surface area contributed by atoms with Crippen LogP contribution in [0.2, 0.25) is 0 Å². The zero-order chi connectivity index (χ0) is 16.4. The minimum Gasteiger partial charge on any atom is -0.391 e. The molecule has 0 aliphatic heterocycles. The minimum atomic E-state index is -3.68. The van der Waals surface area contributed by atoms with Crippen LogP contribution in [-0.4, -0.2) is 19.6 Å². The summed E-state index contributed by atoms with van der Waals surface area (Å²) in [6, 6.07) is 13.8. The van der Waals surface area contributed by atoms with Crippen LogP contribution >= 0.6 is 0 Å². The van der Waals surface area contributed by atoms with Crippen LogP contribution in [0.15, 0.2) is 53.4 Å². The third-order valence-electron chi connectivity index (χ3n) is 4.33. The van der Waals surface area contributed by atoms with Crippen molar-refractivity contribution in [2.75, 3.05) is 0 Å². The second kappa shape index (κ2) is 6.43. The van der Waals surface area contributed by atoms with Crippen LogP contribution in [-0.2, 0) is 16.4 Å². The van der Waals surface area contributed by atoms with Crippen LogP contribution in [0, 0.1) is 6.92 Å². The fourth-order valence-electron chi connectivity index (χ4n) is 3.04. The van der Waals surface area contributed by atoms with E-state index in [1.807, 2.05) is 31.2 Å². The molecule has 4 nitrogen and oxygen atoms in total. The molecular formula is C18H21NO3S. The lowest BCUT2D eigenvalue weighted by Crippen LogP contribution is -2.36. The highest BCUT2D eigenvalue weighted by Gasteiger charge is 2.30. The molecule has 0 saturated heterocycles. The van der Waals surface area contributed by atoms with E-state index in [-0.39, 0.29) is 4.90 Å². The summed E-state index contributed by atoms with van der Waals surface area (Å²) < 4.78 is 28.0. The minimum absolute atomic E-state index is 0.219. The lowest BCUT2D eigenvalue weighted by Gasteiger charge is -2.24. The Kier molecular flexibility index (Phi) is 4.53. The monoisotopic (exact) mass is 331 g/mol. The Hall–Kier alpha value is -1.69. The number of rotatable bonds is 3. The predicted molar refractivity (Wildman–Crippen MR) is 89.6 cm³/mol. The Morgan fingerprint density at radius 2 is 1.78 bits per heavy atom. The van der Waals surface area contributed by atoms with Crippen molar-refractivity contribution in [2.45, 2.75) is 43.2 Å². The van der Waals surface area contributed by atoms with Gasteiger partial charge in [0.15, 0.2) is 0 Å². The molecule has 2 aromatic carbocycles. The van der Waals surface area contributed by atoms with Gasteiger partial charge in [0.25, 0.3) is 0 Å². The van der Waals surface area contributed by atoms with Gasteiger partial charge in [-0.15, -0.1) is 0 Å². The lowest BCUT2D eigenvalue weighted by atomic mass is 9.99. The number of aryl methyl sites for hydroxylation is 2. The highest BCUT2D eigenvalue weighted by Crippen LogP contribution is 2.30. The van der Waals surface area contributed by atoms with Gasteiger partial charge in [0.05, 0.1) is 17.0 Å². The molecule has 0 bridgehead atoms. The molecule has 0 radical (unpaired) electrons. The van der Waals surface area contributed by atoms with E-state index in [1.54, 1.807) is 24.3 Å². The summed E-state index contributed by atoms with van der Waals surface area (Å²) in [4.78, 5) is 0.219. The maximum absolute atomic E-state index is 12.7. The number of aliphatic hydroxyl groups is 1. The van der Waals surface area contributed by atoms with Crippen LogP contribution in [0.25, 0.3) is 0 Å². The molecule has 1 aliphatic rings. The maximum atomic E-state index is 12.7. The highest BCUT2D eigenvalue weighted by molar-refractivity contribution is 7.89. The maximum Gasteiger partial charge on any atom is 0.241 e. The number of benzene rings is 2. The smallest absolute Gasteiger partial charge is 0.241 e. The summed E-state index contributed by atoms with van der Waals surface area (Å²) in [5.41, 5.74) is 2.97. The second-order valence-electron chi connectivity index (χ2n) is 6.07. The number of hydrogen-bond donors (Lipinski definition) is 2. The molecule has 0 amide bonds. The number of fused-ring (bicyclic) bond motifs is 1. The van der Waals surface area contributed by atoms with Gasteiger partial charge in [0.2, 0.25) is 10.0 Å². The first-order chi connectivity index (χ1) is 11.0. The average Bonchev–Trinajstić information content (AvgIpc) is 2.68. The molecule has 1 aliphatic carbocycles. The topological polar surface area (TPSA) is 66.4 Å². The van der Waals surface area contributed by atoms with Crippen LogP contribution in [0.3, 0.4) is 0 Å². The highest BCUT2D eigenvalue weighted by atomic mass is 32.2. The van der Waals surface area contributed by atoms with Gasteiger partial charge in [-0.05, 0) is 49.4 Å². The number of nitrogens with one attached hydrogen (secondary N) is 1. The third-order valence-corrected chi connectivity index (χ3v) is 5.79. The van der Waals surface area contributed by atoms with Crippen molar-refractivity contribution in [1.82, 2.24) is 4.72 Å². The molecular weight excluding hydrogens is 310 g/mol. The van der Waals surface area contributed by atoms with Gasteiger partial charge in [-0.1, -0.05) is 42.0 Å². The molecule has 3 rings (SSSR count). The first kappa shape index (κ1) is 16.2. The Bertz CT molecular complexity index is 784. The average molecular weight is 331 g/mol. The van der Waals surface area contributed by atoms with Crippen molar-refractivity contribution < 1.29 is 13.5 Å². The molecule has 2 N–H and O–H groups in total. The van der Waals surface area contributed by atoms with E-state index in [0.29, 0.717) is 6.42 Å². The van der Waals surface area contributed by atoms with E-state index in [1.165, 1.54) is 0 Å². The zero-order valence-electron chi connectivity index (χ0n) is 13.1. The molecule has 0 saturated carbocycles. The molecule has 0 heterocycles. The molecule has 0 fully saturated rings. The van der Waals surface area contributed by atoms with Gasteiger partial charge in [-0.25, -0.2) is 13.1 Å². The molecule has 0 spiro atoms. The Labute approximate surface area is 137 Å². The largest absolute Gasteiger partial charge is 0.391 e. The molecule has 122 valence electrons. The molecule has 23 heavy (non-hydrogen) atoms. The normalized spacial score (nSPS) is 21.5. The van der Waals surface area contributed by atoms with Crippen LogP contribution in [0.4, 0.5) is 0 Å². The van der Waals surface area contributed by atoms with E-state index in [0.717, 1.165) is 29.5 Å². The van der Waals surface area contributed by atoms with Crippen molar-refractivity contribution in [2.24, 2.45) is 0 Å². The van der Waals surface area contributed by atoms with Crippen molar-refractivity contribution in [3.8, 4) is 0 Å². The Balaban J connectivity index is 1.95. The molecule has 0 aromatic heterocycles. The fraction of sp³-hybridized carbons (Fsp3) is 0.333. The van der Waals surface area contributed by atoms with Crippen molar-refractivity contribution in [3.63, 3.8) is 0 Å². The predicted octanol–water partition coefficient (Wildman–Crippen LogP) is 2.71. The first-order valence-corrected chi connectivity index (χ1v) is 9.30. The first-order valence-electron chi connectivity index (χ1n) is 7.82. The summed E-state index contributed by atoms with van der Waals surface area (Å²) in [5, 5.41) is 10.4. The number of sulfonamides is 1. The fourth-order valence-corrected chi connectivity index (χ4v) is 4.28. The summed E-state index contributed by atoms with van der Waals surface area (Å²) in [5.74, 6) is 0. The zero-order valence-corrected chi connectivity index (χ0v) is 13.9. The van der Waals surface area contributed by atoms with E-state index in [2.05, 4.69) is 4.72 Å². The van der Waals surface area contributed by atoms with Crippen molar-refractivity contribution >= 4 is 10.0 Å². The third kappa shape index (κ3) is 3.47. The molecule has 5 heteroatoms. The van der Waals surface area contributed by atoms with Crippen LogP contribution in [0.5, 0.6) is 0 Å². The lowest BCUT2D eigenvalue weighted by molar-refractivity contribution is 0.129. The number of aliphatic hydroxyl groups excluding tert-OH is 1. The van der Waals surface area contributed by atoms with Gasteiger partial charge >= 0.3 is 0 Å².